The smallest absolute Gasteiger partial charge is 0.168 e. The van der Waals surface area contributed by atoms with E-state index >= 15 is 0 Å². The van der Waals surface area contributed by atoms with Crippen molar-refractivity contribution in [2.75, 3.05) is 19.7 Å². The van der Waals surface area contributed by atoms with E-state index < -0.39 is 11.6 Å². The molecule has 1 aromatic carbocycles. The fraction of sp³-hybridized carbons (Fsp3) is 0.571. The molecule has 98 valence electrons. The van der Waals surface area contributed by atoms with E-state index in [4.69, 9.17) is 4.74 Å². The molecule has 0 bridgehead atoms. The van der Waals surface area contributed by atoms with Gasteiger partial charge in [0, 0.05) is 24.1 Å². The minimum atomic E-state index is -0.572. The highest BCUT2D eigenvalue weighted by molar-refractivity contribution is 5.39. The van der Waals surface area contributed by atoms with E-state index in [9.17, 15) is 8.78 Å². The highest BCUT2D eigenvalue weighted by atomic mass is 19.1. The third-order valence-electron chi connectivity index (χ3n) is 3.70. The third kappa shape index (κ3) is 2.48. The summed E-state index contributed by atoms with van der Waals surface area (Å²) in [5.41, 5.74) is 0.679. The molecule has 4 heteroatoms. The van der Waals surface area contributed by atoms with Crippen LogP contribution >= 0.6 is 0 Å². The minimum Gasteiger partial charge on any atom is -0.490 e. The van der Waals surface area contributed by atoms with E-state index in [0.717, 1.165) is 38.4 Å². The molecule has 0 spiro atoms. The van der Waals surface area contributed by atoms with Crippen molar-refractivity contribution in [2.24, 2.45) is 5.92 Å². The van der Waals surface area contributed by atoms with Crippen LogP contribution in [0.4, 0.5) is 8.78 Å². The molecule has 18 heavy (non-hydrogen) atoms. The van der Waals surface area contributed by atoms with E-state index in [1.165, 1.54) is 6.07 Å². The van der Waals surface area contributed by atoms with Gasteiger partial charge in [-0.25, -0.2) is 8.78 Å². The van der Waals surface area contributed by atoms with Crippen LogP contribution in [0.5, 0.6) is 5.75 Å². The van der Waals surface area contributed by atoms with Gasteiger partial charge < -0.3 is 10.1 Å². The quantitative estimate of drug-likeness (QED) is 0.891. The molecule has 1 heterocycles. The highest BCUT2D eigenvalue weighted by Gasteiger charge is 2.26. The molecule has 2 aliphatic rings. The molecular weight excluding hydrogens is 236 g/mol. The molecule has 1 aromatic rings. The first-order valence-electron chi connectivity index (χ1n) is 6.56. The van der Waals surface area contributed by atoms with Crippen LogP contribution in [0.2, 0.25) is 0 Å². The summed E-state index contributed by atoms with van der Waals surface area (Å²) >= 11 is 0. The molecule has 0 aromatic heterocycles. The Morgan fingerprint density at radius 3 is 2.72 bits per heavy atom. The van der Waals surface area contributed by atoms with Crippen LogP contribution in [0.25, 0.3) is 0 Å². The molecule has 0 amide bonds. The maximum atomic E-state index is 13.8. The Hall–Kier alpha value is -1.16. The summed E-state index contributed by atoms with van der Waals surface area (Å²) < 4.78 is 32.8. The maximum Gasteiger partial charge on any atom is 0.168 e. The Labute approximate surface area is 105 Å². The van der Waals surface area contributed by atoms with Gasteiger partial charge in [0.1, 0.15) is 5.82 Å². The Balaban J connectivity index is 1.86. The Morgan fingerprint density at radius 1 is 1.22 bits per heavy atom. The second-order valence-electron chi connectivity index (χ2n) is 5.25. The van der Waals surface area contributed by atoms with Crippen LogP contribution in [0.3, 0.4) is 0 Å². The Morgan fingerprint density at radius 2 is 2.06 bits per heavy atom. The highest BCUT2D eigenvalue weighted by Crippen LogP contribution is 2.36. The van der Waals surface area contributed by atoms with Crippen molar-refractivity contribution >= 4 is 0 Å². The summed E-state index contributed by atoms with van der Waals surface area (Å²) in [6.07, 6.45) is 3.22. The van der Waals surface area contributed by atoms with E-state index in [0.29, 0.717) is 18.1 Å². The van der Waals surface area contributed by atoms with E-state index in [-0.39, 0.29) is 11.7 Å². The summed E-state index contributed by atoms with van der Waals surface area (Å²) in [7, 11) is 0. The molecule has 1 unspecified atom stereocenters. The first kappa shape index (κ1) is 11.9. The first-order valence-corrected chi connectivity index (χ1v) is 6.56. The summed E-state index contributed by atoms with van der Waals surface area (Å²) in [6.45, 7) is 2.21. The molecule has 1 aliphatic heterocycles. The topological polar surface area (TPSA) is 21.3 Å². The minimum absolute atomic E-state index is 0.157. The van der Waals surface area contributed by atoms with Gasteiger partial charge in [-0.2, -0.15) is 0 Å². The van der Waals surface area contributed by atoms with Crippen molar-refractivity contribution in [1.82, 2.24) is 5.32 Å². The normalized spacial score (nSPS) is 23.3. The van der Waals surface area contributed by atoms with Crippen LogP contribution in [0, 0.1) is 17.6 Å². The number of rotatable bonds is 4. The maximum absolute atomic E-state index is 13.8. The van der Waals surface area contributed by atoms with Crippen LogP contribution < -0.4 is 10.1 Å². The monoisotopic (exact) mass is 253 g/mol. The summed E-state index contributed by atoms with van der Waals surface area (Å²) in [4.78, 5) is 0. The number of hydrogen-bond donors (Lipinski definition) is 1. The Bertz CT molecular complexity index is 440. The van der Waals surface area contributed by atoms with Crippen LogP contribution in [0.15, 0.2) is 12.1 Å². The zero-order valence-corrected chi connectivity index (χ0v) is 10.2. The van der Waals surface area contributed by atoms with Gasteiger partial charge >= 0.3 is 0 Å². The number of ether oxygens (including phenoxy) is 1. The van der Waals surface area contributed by atoms with Crippen molar-refractivity contribution in [3.05, 3.63) is 29.3 Å². The molecule has 1 aliphatic carbocycles. The number of hydrogen-bond acceptors (Lipinski definition) is 2. The molecule has 2 fully saturated rings. The zero-order valence-electron chi connectivity index (χ0n) is 10.2. The van der Waals surface area contributed by atoms with Crippen LogP contribution in [-0.2, 0) is 0 Å². The molecular formula is C14H17F2NO. The number of benzene rings is 1. The second kappa shape index (κ2) is 4.84. The summed E-state index contributed by atoms with van der Waals surface area (Å²) in [5, 5.41) is 3.21. The predicted molar refractivity (Wildman–Crippen MR) is 64.8 cm³/mol. The lowest BCUT2D eigenvalue weighted by atomic mass is 9.97. The molecule has 3 rings (SSSR count). The van der Waals surface area contributed by atoms with Crippen molar-refractivity contribution in [2.45, 2.75) is 25.2 Å². The third-order valence-corrected chi connectivity index (χ3v) is 3.70. The lowest BCUT2D eigenvalue weighted by molar-refractivity contribution is 0.279. The Kier molecular flexibility index (Phi) is 3.20. The van der Waals surface area contributed by atoms with Gasteiger partial charge in [-0.3, -0.25) is 0 Å². The lowest BCUT2D eigenvalue weighted by Crippen LogP contribution is -2.11. The van der Waals surface area contributed by atoms with Crippen molar-refractivity contribution in [1.29, 1.82) is 0 Å². The molecule has 1 atom stereocenters. The van der Waals surface area contributed by atoms with Crippen LogP contribution in [0.1, 0.15) is 30.7 Å². The molecule has 1 saturated heterocycles. The molecule has 1 N–H and O–H groups in total. The standard InChI is InChI=1S/C14H17F2NO/c15-11-5-12(10-3-4-17-7-10)14(13(16)6-11)18-8-9-1-2-9/h5-6,9-10,17H,1-4,7-8H2. The lowest BCUT2D eigenvalue weighted by Gasteiger charge is -2.16. The van der Waals surface area contributed by atoms with Gasteiger partial charge in [0.25, 0.3) is 0 Å². The largest absolute Gasteiger partial charge is 0.490 e. The van der Waals surface area contributed by atoms with Gasteiger partial charge in [0.05, 0.1) is 6.61 Å². The average molecular weight is 253 g/mol. The molecule has 0 radical (unpaired) electrons. The van der Waals surface area contributed by atoms with Crippen molar-refractivity contribution < 1.29 is 13.5 Å². The average Bonchev–Trinajstić information content (AvgIpc) is 3.00. The first-order chi connectivity index (χ1) is 8.74. The van der Waals surface area contributed by atoms with Gasteiger partial charge in [-0.1, -0.05) is 0 Å². The van der Waals surface area contributed by atoms with Gasteiger partial charge in [-0.15, -0.1) is 0 Å². The van der Waals surface area contributed by atoms with Gasteiger partial charge in [0.2, 0.25) is 0 Å². The van der Waals surface area contributed by atoms with E-state index in [1.54, 1.807) is 0 Å². The van der Waals surface area contributed by atoms with E-state index in [1.807, 2.05) is 0 Å². The SMILES string of the molecule is Fc1cc(F)c(OCC2CC2)c(C2CCNC2)c1. The van der Waals surface area contributed by atoms with Crippen molar-refractivity contribution in [3.8, 4) is 5.75 Å². The second-order valence-corrected chi connectivity index (χ2v) is 5.25. The predicted octanol–water partition coefficient (Wildman–Crippen LogP) is 2.83. The van der Waals surface area contributed by atoms with Gasteiger partial charge in [-0.05, 0) is 37.8 Å². The van der Waals surface area contributed by atoms with Crippen LogP contribution in [-0.4, -0.2) is 19.7 Å². The van der Waals surface area contributed by atoms with Gasteiger partial charge in [0.15, 0.2) is 11.6 Å². The fourth-order valence-corrected chi connectivity index (χ4v) is 2.44. The number of nitrogens with one attached hydrogen (secondary N) is 1. The summed E-state index contributed by atoms with van der Waals surface area (Å²) in [6, 6.07) is 2.33. The van der Waals surface area contributed by atoms with E-state index in [2.05, 4.69) is 5.32 Å². The number of halogens is 2. The van der Waals surface area contributed by atoms with Crippen molar-refractivity contribution in [3.63, 3.8) is 0 Å². The molecule has 2 nitrogen and oxygen atoms in total. The zero-order chi connectivity index (χ0) is 12.5. The fourth-order valence-electron chi connectivity index (χ4n) is 2.44. The molecule has 1 saturated carbocycles. The summed E-state index contributed by atoms with van der Waals surface area (Å²) in [5.74, 6) is -0.115.